The van der Waals surface area contributed by atoms with Gasteiger partial charge in [-0.3, -0.25) is 4.79 Å². The number of nitrogens with zero attached hydrogens (tertiary/aromatic N) is 1. The highest BCUT2D eigenvalue weighted by atomic mass is 16.5. The number of rotatable bonds is 12. The summed E-state index contributed by atoms with van der Waals surface area (Å²) < 4.78 is 11.2. The van der Waals surface area contributed by atoms with Crippen LogP contribution in [0.3, 0.4) is 0 Å². The smallest absolute Gasteiger partial charge is 0.333 e. The van der Waals surface area contributed by atoms with Gasteiger partial charge in [-0.25, -0.2) is 4.79 Å². The van der Waals surface area contributed by atoms with Gasteiger partial charge in [-0.2, -0.15) is 0 Å². The van der Waals surface area contributed by atoms with Crippen LogP contribution < -0.4 is 0 Å². The molecule has 0 N–H and O–H groups in total. The van der Waals surface area contributed by atoms with E-state index >= 15 is 0 Å². The van der Waals surface area contributed by atoms with E-state index < -0.39 is 17.5 Å². The van der Waals surface area contributed by atoms with Crippen LogP contribution in [-0.2, 0) is 19.1 Å². The Hall–Kier alpha value is -2.58. The van der Waals surface area contributed by atoms with E-state index in [0.717, 1.165) is 24.1 Å². The normalized spacial score (nSPS) is 12.6. The van der Waals surface area contributed by atoms with Crippen molar-refractivity contribution in [3.05, 3.63) is 58.6 Å². The Labute approximate surface area is 194 Å². The van der Waals surface area contributed by atoms with Gasteiger partial charge in [0.2, 0.25) is 0 Å². The van der Waals surface area contributed by atoms with Crippen LogP contribution in [0, 0.1) is 5.41 Å². The predicted octanol–water partition coefficient (Wildman–Crippen LogP) is 5.55. The van der Waals surface area contributed by atoms with Gasteiger partial charge in [0.25, 0.3) is 0 Å². The molecular weight excluding hydrogens is 402 g/mol. The quantitative estimate of drug-likeness (QED) is 0.171. The first kappa shape index (κ1) is 29.4. The molecule has 1 atom stereocenters. The summed E-state index contributed by atoms with van der Waals surface area (Å²) in [6, 6.07) is 0. The van der Waals surface area contributed by atoms with E-state index in [9.17, 15) is 9.59 Å². The van der Waals surface area contributed by atoms with Crippen molar-refractivity contribution in [2.75, 3.05) is 27.2 Å². The van der Waals surface area contributed by atoms with E-state index in [0.29, 0.717) is 12.0 Å². The van der Waals surface area contributed by atoms with Gasteiger partial charge in [-0.1, -0.05) is 26.0 Å². The van der Waals surface area contributed by atoms with Crippen LogP contribution in [0.2, 0.25) is 0 Å². The zero-order valence-electron chi connectivity index (χ0n) is 21.4. The monoisotopic (exact) mass is 443 g/mol. The minimum absolute atomic E-state index is 0.176. The Balaban J connectivity index is 5.38. The zero-order valence-corrected chi connectivity index (χ0v) is 21.4. The Kier molecular flexibility index (Phi) is 14.0. The summed E-state index contributed by atoms with van der Waals surface area (Å²) in [5.41, 5.74) is 7.78. The SMILES string of the molecule is CC=C=C(C)/C=C\COC(=O)/C(C)=C/C(C)(C)C(OC(=O)CCCN(C)C)C(C)=C=CC. The van der Waals surface area contributed by atoms with Gasteiger partial charge >= 0.3 is 11.9 Å². The molecule has 0 fully saturated rings. The predicted molar refractivity (Wildman–Crippen MR) is 131 cm³/mol. The van der Waals surface area contributed by atoms with Crippen LogP contribution in [0.15, 0.2) is 58.6 Å². The molecule has 5 heteroatoms. The minimum atomic E-state index is -0.624. The second kappa shape index (κ2) is 15.3. The van der Waals surface area contributed by atoms with Crippen molar-refractivity contribution in [3.8, 4) is 0 Å². The van der Waals surface area contributed by atoms with Crippen molar-refractivity contribution in [1.82, 2.24) is 4.90 Å². The first-order valence-corrected chi connectivity index (χ1v) is 11.1. The molecule has 0 aromatic carbocycles. The molecule has 0 saturated heterocycles. The first-order chi connectivity index (χ1) is 14.9. The lowest BCUT2D eigenvalue weighted by atomic mass is 9.81. The molecule has 0 rings (SSSR count). The first-order valence-electron chi connectivity index (χ1n) is 11.1. The summed E-state index contributed by atoms with van der Waals surface area (Å²) in [6.45, 7) is 14.1. The minimum Gasteiger partial charge on any atom is -0.458 e. The van der Waals surface area contributed by atoms with Gasteiger partial charge < -0.3 is 14.4 Å². The molecule has 178 valence electrons. The van der Waals surface area contributed by atoms with Crippen LogP contribution >= 0.6 is 0 Å². The van der Waals surface area contributed by atoms with Crippen LogP contribution in [0.4, 0.5) is 0 Å². The van der Waals surface area contributed by atoms with Gasteiger partial charge in [0.05, 0.1) is 0 Å². The zero-order chi connectivity index (χ0) is 24.7. The molecule has 0 aliphatic carbocycles. The molecule has 0 heterocycles. The summed E-state index contributed by atoms with van der Waals surface area (Å²) in [5.74, 6) is -0.662. The van der Waals surface area contributed by atoms with E-state index in [1.807, 2.05) is 78.8 Å². The summed E-state index contributed by atoms with van der Waals surface area (Å²) >= 11 is 0. The largest absolute Gasteiger partial charge is 0.458 e. The molecule has 32 heavy (non-hydrogen) atoms. The van der Waals surface area contributed by atoms with Crippen molar-refractivity contribution in [2.24, 2.45) is 5.41 Å². The maximum absolute atomic E-state index is 12.5. The van der Waals surface area contributed by atoms with Gasteiger partial charge in [0.1, 0.15) is 12.7 Å². The lowest BCUT2D eigenvalue weighted by Gasteiger charge is -2.32. The fraction of sp³-hybridized carbons (Fsp3) is 0.556. The van der Waals surface area contributed by atoms with E-state index in [2.05, 4.69) is 11.5 Å². The number of carbonyl (C=O) groups excluding carboxylic acids is 2. The Morgan fingerprint density at radius 1 is 1.06 bits per heavy atom. The highest BCUT2D eigenvalue weighted by Gasteiger charge is 2.33. The fourth-order valence-electron chi connectivity index (χ4n) is 3.26. The molecule has 0 aliphatic heterocycles. The molecule has 0 amide bonds. The number of hydrogen-bond acceptors (Lipinski definition) is 5. The van der Waals surface area contributed by atoms with Crippen LogP contribution in [0.25, 0.3) is 0 Å². The van der Waals surface area contributed by atoms with Crippen molar-refractivity contribution >= 4 is 11.9 Å². The average Bonchev–Trinajstić information content (AvgIpc) is 2.68. The second-order valence-electron chi connectivity index (χ2n) is 8.66. The molecule has 0 aromatic heterocycles. The van der Waals surface area contributed by atoms with Crippen LogP contribution in [0.5, 0.6) is 0 Å². The maximum atomic E-state index is 12.5. The standard InChI is InChI=1S/C27H41NO4/c1-10-14-21(3)16-13-19-31-26(30)23(5)20-27(6,7)25(22(4)15-11-2)32-24(29)17-12-18-28(8)9/h10-11,13,16,20,25H,12,17-19H2,1-9H3/b16-13-,23-20+. The van der Waals surface area contributed by atoms with Gasteiger partial charge in [0, 0.05) is 23.0 Å². The number of allylic oxidation sites excluding steroid dienone is 2. The summed E-state index contributed by atoms with van der Waals surface area (Å²) in [7, 11) is 3.94. The van der Waals surface area contributed by atoms with Gasteiger partial charge in [-0.05, 0) is 85.5 Å². The molecule has 0 bridgehead atoms. The molecule has 0 aromatic rings. The Morgan fingerprint density at radius 2 is 1.69 bits per heavy atom. The van der Waals surface area contributed by atoms with E-state index in [-0.39, 0.29) is 12.6 Å². The van der Waals surface area contributed by atoms with Crippen molar-refractivity contribution in [1.29, 1.82) is 0 Å². The Morgan fingerprint density at radius 3 is 2.25 bits per heavy atom. The molecule has 5 nitrogen and oxygen atoms in total. The van der Waals surface area contributed by atoms with Crippen molar-refractivity contribution in [3.63, 3.8) is 0 Å². The van der Waals surface area contributed by atoms with E-state index in [4.69, 9.17) is 9.47 Å². The third kappa shape index (κ3) is 12.3. The number of ether oxygens (including phenoxy) is 2. The van der Waals surface area contributed by atoms with Crippen LogP contribution in [0.1, 0.15) is 61.3 Å². The third-order valence-electron chi connectivity index (χ3n) is 4.64. The van der Waals surface area contributed by atoms with Crippen molar-refractivity contribution in [2.45, 2.75) is 67.4 Å². The third-order valence-corrected chi connectivity index (χ3v) is 4.64. The number of hydrogen-bond donors (Lipinski definition) is 0. The molecule has 1 unspecified atom stereocenters. The topological polar surface area (TPSA) is 55.8 Å². The lowest BCUT2D eigenvalue weighted by molar-refractivity contribution is -0.151. The average molecular weight is 444 g/mol. The number of carbonyl (C=O) groups is 2. The molecule has 0 radical (unpaired) electrons. The molecule has 0 spiro atoms. The van der Waals surface area contributed by atoms with Crippen LogP contribution in [-0.4, -0.2) is 50.2 Å². The molecule has 0 saturated carbocycles. The maximum Gasteiger partial charge on any atom is 0.333 e. The molecular formula is C27H41NO4. The van der Waals surface area contributed by atoms with Crippen molar-refractivity contribution < 1.29 is 19.1 Å². The molecule has 0 aliphatic rings. The fourth-order valence-corrected chi connectivity index (χ4v) is 3.26. The highest BCUT2D eigenvalue weighted by Crippen LogP contribution is 2.32. The highest BCUT2D eigenvalue weighted by molar-refractivity contribution is 5.88. The van der Waals surface area contributed by atoms with E-state index in [1.165, 1.54) is 0 Å². The summed E-state index contributed by atoms with van der Waals surface area (Å²) in [5, 5.41) is 0. The van der Waals surface area contributed by atoms with Gasteiger partial charge in [-0.15, -0.1) is 11.5 Å². The van der Waals surface area contributed by atoms with E-state index in [1.54, 1.807) is 19.1 Å². The number of esters is 2. The lowest BCUT2D eigenvalue weighted by Crippen LogP contribution is -2.34. The second-order valence-corrected chi connectivity index (χ2v) is 8.66. The summed E-state index contributed by atoms with van der Waals surface area (Å²) in [6.07, 6.45) is 9.59. The Bertz CT molecular complexity index is 815. The summed E-state index contributed by atoms with van der Waals surface area (Å²) in [4.78, 5) is 26.9. The van der Waals surface area contributed by atoms with Gasteiger partial charge in [0.15, 0.2) is 0 Å².